The van der Waals surface area contributed by atoms with E-state index in [2.05, 4.69) is 213 Å². The molecule has 0 radical (unpaired) electrons. The molecule has 64 heavy (non-hydrogen) atoms. The summed E-state index contributed by atoms with van der Waals surface area (Å²) in [5, 5.41) is 12.7. The summed E-state index contributed by atoms with van der Waals surface area (Å²) in [6.07, 6.45) is 15.4. The minimum absolute atomic E-state index is 0.0590. The lowest BCUT2D eigenvalue weighted by molar-refractivity contribution is 0.420. The van der Waals surface area contributed by atoms with Gasteiger partial charge < -0.3 is 14.5 Å². The molecule has 1 aliphatic heterocycles. The zero-order valence-corrected chi connectivity index (χ0v) is 36.4. The molecular formula is C60H50N4. The summed E-state index contributed by atoms with van der Waals surface area (Å²) in [6.45, 7) is 4.00. The molecule has 2 aliphatic carbocycles. The maximum atomic E-state index is 3.84. The van der Waals surface area contributed by atoms with Crippen LogP contribution >= 0.6 is 0 Å². The molecule has 0 amide bonds. The molecule has 0 saturated heterocycles. The summed E-state index contributed by atoms with van der Waals surface area (Å²) in [5.74, 6) is 0. The third kappa shape index (κ3) is 6.96. The lowest BCUT2D eigenvalue weighted by Gasteiger charge is -2.33. The molecule has 0 bridgehead atoms. The average molecular weight is 827 g/mol. The van der Waals surface area contributed by atoms with Crippen LogP contribution in [-0.4, -0.2) is 9.13 Å². The number of hydrogen-bond acceptors (Lipinski definition) is 2. The maximum absolute atomic E-state index is 3.84. The van der Waals surface area contributed by atoms with Gasteiger partial charge in [0.15, 0.2) is 0 Å². The Hall–Kier alpha value is -7.58. The average Bonchev–Trinajstić information content (AvgIpc) is 3.90. The first-order chi connectivity index (χ1) is 31.7. The predicted molar refractivity (Wildman–Crippen MR) is 269 cm³/mol. The first-order valence-electron chi connectivity index (χ1n) is 22.9. The summed E-state index contributed by atoms with van der Waals surface area (Å²) in [4.78, 5) is 0. The monoisotopic (exact) mass is 826 g/mol. The van der Waals surface area contributed by atoms with Gasteiger partial charge in [0.1, 0.15) is 6.17 Å². The Morgan fingerprint density at radius 1 is 0.562 bits per heavy atom. The molecule has 0 saturated carbocycles. The molecule has 9 aromatic rings. The highest BCUT2D eigenvalue weighted by Crippen LogP contribution is 2.41. The Morgan fingerprint density at radius 2 is 1.27 bits per heavy atom. The van der Waals surface area contributed by atoms with Crippen LogP contribution in [0.15, 0.2) is 217 Å². The van der Waals surface area contributed by atoms with Crippen molar-refractivity contribution in [2.45, 2.75) is 51.7 Å². The normalized spacial score (nSPS) is 16.9. The Labute approximate surface area is 375 Å². The van der Waals surface area contributed by atoms with Crippen LogP contribution in [0, 0.1) is 0 Å². The smallest absolute Gasteiger partial charge is 0.104 e. The standard InChI is InChI=1S/C58H44N4.C2H6/c1-4-15-41(16-5-1)51-38-52(42-17-6-2-7-18-42)60-58(59-51)43-29-27-39(28-30-43)44-33-36-55-50(37-44)48-21-10-12-24-53(48)61(55)46-34-31-40(32-35-46)47-23-14-26-56-57(47)49-22-11-13-25-54(49)62(56)45-19-8-3-9-20-45;1-2/h1,4-6,10-19,21-38,51,58-60H,3,8-9,20H2;1-2H3. The van der Waals surface area contributed by atoms with Crippen LogP contribution < -0.4 is 10.6 Å². The highest BCUT2D eigenvalue weighted by molar-refractivity contribution is 6.16. The summed E-state index contributed by atoms with van der Waals surface area (Å²) in [7, 11) is 0. The molecule has 12 rings (SSSR count). The van der Waals surface area contributed by atoms with Crippen LogP contribution in [0.2, 0.25) is 0 Å². The number of benzene rings is 7. The first kappa shape index (κ1) is 39.3. The van der Waals surface area contributed by atoms with E-state index in [0.29, 0.717) is 0 Å². The predicted octanol–water partition coefficient (Wildman–Crippen LogP) is 15.3. The van der Waals surface area contributed by atoms with E-state index in [1.165, 1.54) is 95.5 Å². The number of rotatable bonds is 7. The molecule has 3 aliphatic rings. The quantitative estimate of drug-likeness (QED) is 0.157. The van der Waals surface area contributed by atoms with Crippen molar-refractivity contribution in [1.29, 1.82) is 0 Å². The van der Waals surface area contributed by atoms with Gasteiger partial charge in [-0.1, -0.05) is 153 Å². The maximum Gasteiger partial charge on any atom is 0.104 e. The van der Waals surface area contributed by atoms with Crippen molar-refractivity contribution < 1.29 is 0 Å². The summed E-state index contributed by atoms with van der Waals surface area (Å²) < 4.78 is 4.94. The van der Waals surface area contributed by atoms with Gasteiger partial charge in [-0.15, -0.1) is 0 Å². The second kappa shape index (κ2) is 16.9. The van der Waals surface area contributed by atoms with E-state index in [1.807, 2.05) is 26.0 Å². The van der Waals surface area contributed by atoms with E-state index < -0.39 is 0 Å². The number of allylic oxidation sites excluding steroid dienone is 5. The Balaban J connectivity index is 0.00000225. The van der Waals surface area contributed by atoms with E-state index in [1.54, 1.807) is 0 Å². The van der Waals surface area contributed by atoms with Gasteiger partial charge >= 0.3 is 0 Å². The molecule has 7 aromatic carbocycles. The molecule has 3 heterocycles. The second-order valence-electron chi connectivity index (χ2n) is 16.7. The number of fused-ring (bicyclic) bond motifs is 6. The topological polar surface area (TPSA) is 33.9 Å². The Morgan fingerprint density at radius 3 is 2.03 bits per heavy atom. The molecule has 4 nitrogen and oxygen atoms in total. The zero-order chi connectivity index (χ0) is 43.0. The molecule has 2 atom stereocenters. The van der Waals surface area contributed by atoms with E-state index in [9.17, 15) is 0 Å². The lowest BCUT2D eigenvalue weighted by Crippen LogP contribution is -2.40. The number of nitrogens with one attached hydrogen (secondary N) is 2. The fourth-order valence-corrected chi connectivity index (χ4v) is 10.0. The van der Waals surface area contributed by atoms with Gasteiger partial charge in [-0.3, -0.25) is 5.32 Å². The van der Waals surface area contributed by atoms with Crippen molar-refractivity contribution in [3.8, 4) is 27.9 Å². The first-order valence-corrected chi connectivity index (χ1v) is 22.9. The van der Waals surface area contributed by atoms with Crippen LogP contribution in [0.25, 0.3) is 77.2 Å². The largest absolute Gasteiger partial charge is 0.366 e. The van der Waals surface area contributed by atoms with Gasteiger partial charge in [0.2, 0.25) is 0 Å². The van der Waals surface area contributed by atoms with Gasteiger partial charge in [0.05, 0.1) is 28.1 Å². The summed E-state index contributed by atoms with van der Waals surface area (Å²) in [6, 6.07) is 60.4. The molecule has 2 N–H and O–H groups in total. The van der Waals surface area contributed by atoms with Crippen LogP contribution in [0.4, 0.5) is 0 Å². The molecular weight excluding hydrogens is 777 g/mol. The molecule has 310 valence electrons. The van der Waals surface area contributed by atoms with Crippen LogP contribution in [0.5, 0.6) is 0 Å². The van der Waals surface area contributed by atoms with Crippen molar-refractivity contribution in [3.05, 3.63) is 228 Å². The fourth-order valence-electron chi connectivity index (χ4n) is 10.0. The van der Waals surface area contributed by atoms with E-state index >= 15 is 0 Å². The number of aromatic nitrogens is 2. The third-order valence-corrected chi connectivity index (χ3v) is 13.0. The number of hydrogen-bond donors (Lipinski definition) is 2. The van der Waals surface area contributed by atoms with Crippen molar-refractivity contribution in [2.75, 3.05) is 0 Å². The van der Waals surface area contributed by atoms with Gasteiger partial charge in [-0.2, -0.15) is 0 Å². The van der Waals surface area contributed by atoms with E-state index in [0.717, 1.165) is 29.8 Å². The highest BCUT2D eigenvalue weighted by atomic mass is 15.2. The van der Waals surface area contributed by atoms with Crippen molar-refractivity contribution >= 4 is 49.3 Å². The fraction of sp³-hybridized carbons (Fsp3) is 0.133. The third-order valence-electron chi connectivity index (χ3n) is 13.0. The van der Waals surface area contributed by atoms with Gasteiger partial charge in [0, 0.05) is 44.2 Å². The van der Waals surface area contributed by atoms with Crippen molar-refractivity contribution in [1.82, 2.24) is 19.8 Å². The van der Waals surface area contributed by atoms with Gasteiger partial charge in [-0.05, 0) is 126 Å². The Kier molecular flexibility index (Phi) is 10.4. The van der Waals surface area contributed by atoms with E-state index in [-0.39, 0.29) is 12.2 Å². The van der Waals surface area contributed by atoms with Crippen LogP contribution in [0.1, 0.15) is 62.9 Å². The van der Waals surface area contributed by atoms with Crippen molar-refractivity contribution in [2.24, 2.45) is 0 Å². The second-order valence-corrected chi connectivity index (χ2v) is 16.7. The molecule has 2 unspecified atom stereocenters. The number of nitrogens with zero attached hydrogens (tertiary/aromatic N) is 2. The van der Waals surface area contributed by atoms with Crippen molar-refractivity contribution in [3.63, 3.8) is 0 Å². The van der Waals surface area contributed by atoms with Gasteiger partial charge in [0.25, 0.3) is 0 Å². The molecule has 2 aromatic heterocycles. The van der Waals surface area contributed by atoms with E-state index in [4.69, 9.17) is 0 Å². The Bertz CT molecular complexity index is 3410. The van der Waals surface area contributed by atoms with Crippen LogP contribution in [-0.2, 0) is 0 Å². The minimum atomic E-state index is -0.0715. The highest BCUT2D eigenvalue weighted by Gasteiger charge is 2.25. The molecule has 0 fully saturated rings. The SMILES string of the molecule is C1=C=CC(C2=CC(c3ccccc3)NC(c3ccc(-c4ccc5c(c4)c4ccccc4n5-c4ccc(-c5cccc6c5c5ccccc5n6C5=CCCCC5)cc4)cc3)N2)=CC=1.CC. The lowest BCUT2D eigenvalue weighted by atomic mass is 9.96. The number of para-hydroxylation sites is 2. The zero-order valence-electron chi connectivity index (χ0n) is 36.4. The van der Waals surface area contributed by atoms with Gasteiger partial charge in [-0.25, -0.2) is 0 Å². The molecule has 4 heteroatoms. The van der Waals surface area contributed by atoms with Crippen LogP contribution in [0.3, 0.4) is 0 Å². The summed E-state index contributed by atoms with van der Waals surface area (Å²) in [5.41, 5.74) is 23.2. The molecule has 0 spiro atoms. The minimum Gasteiger partial charge on any atom is -0.366 e. The summed E-state index contributed by atoms with van der Waals surface area (Å²) >= 11 is 0.